The lowest BCUT2D eigenvalue weighted by Crippen LogP contribution is -2.41. The number of ether oxygens (including phenoxy) is 3. The van der Waals surface area contributed by atoms with Crippen LogP contribution in [-0.2, 0) is 24.3 Å². The summed E-state index contributed by atoms with van der Waals surface area (Å²) in [6.45, 7) is 1.89. The largest absolute Gasteiger partial charge is 0.463 e. The van der Waals surface area contributed by atoms with Crippen LogP contribution in [0.5, 0.6) is 11.5 Å². The SMILES string of the molecule is CCOC(=O)C1=C(N)N(c2ccc(S(N)(=O)=O)cc2)C2=C(C(=O)CCC2)[C@@H]1c1ccc2c(c1)OCO2. The fraction of sp³-hybridized carbons (Fsp3) is 0.280. The number of anilines is 1. The van der Waals surface area contributed by atoms with Gasteiger partial charge in [0.15, 0.2) is 17.3 Å². The molecule has 2 aliphatic heterocycles. The zero-order valence-electron chi connectivity index (χ0n) is 19.5. The third-order valence-corrected chi connectivity index (χ3v) is 7.37. The average Bonchev–Trinajstić information content (AvgIpc) is 3.31. The van der Waals surface area contributed by atoms with Gasteiger partial charge in [-0.15, -0.1) is 0 Å². The van der Waals surface area contributed by atoms with Crippen LogP contribution >= 0.6 is 0 Å². The molecular weight excluding hydrogens is 486 g/mol. The van der Waals surface area contributed by atoms with Crippen LogP contribution in [0.25, 0.3) is 0 Å². The lowest BCUT2D eigenvalue weighted by Gasteiger charge is -2.40. The van der Waals surface area contributed by atoms with Crippen molar-refractivity contribution in [1.29, 1.82) is 0 Å². The van der Waals surface area contributed by atoms with Gasteiger partial charge in [-0.3, -0.25) is 9.69 Å². The van der Waals surface area contributed by atoms with Gasteiger partial charge < -0.3 is 19.9 Å². The van der Waals surface area contributed by atoms with Crippen molar-refractivity contribution in [1.82, 2.24) is 0 Å². The number of Topliss-reactive ketones (excluding diaryl/α,β-unsaturated/α-hetero) is 1. The molecule has 0 saturated carbocycles. The first kappa shape index (κ1) is 23.9. The molecule has 0 aromatic heterocycles. The minimum Gasteiger partial charge on any atom is -0.463 e. The molecule has 2 aromatic carbocycles. The maximum Gasteiger partial charge on any atom is 0.338 e. The zero-order chi connectivity index (χ0) is 25.6. The molecule has 0 amide bonds. The highest BCUT2D eigenvalue weighted by Crippen LogP contribution is 2.48. The number of rotatable bonds is 5. The molecule has 36 heavy (non-hydrogen) atoms. The van der Waals surface area contributed by atoms with E-state index in [4.69, 9.17) is 25.1 Å². The quantitative estimate of drug-likeness (QED) is 0.577. The predicted octanol–water partition coefficient (Wildman–Crippen LogP) is 2.41. The average molecular weight is 512 g/mol. The summed E-state index contributed by atoms with van der Waals surface area (Å²) in [7, 11) is -3.90. The smallest absolute Gasteiger partial charge is 0.338 e. The molecule has 10 nitrogen and oxygen atoms in total. The molecule has 5 rings (SSSR count). The Morgan fingerprint density at radius 3 is 2.53 bits per heavy atom. The van der Waals surface area contributed by atoms with Gasteiger partial charge in [-0.1, -0.05) is 6.07 Å². The molecule has 0 spiro atoms. The number of allylic oxidation sites excluding steroid dienone is 2. The molecular formula is C25H25N3O7S. The van der Waals surface area contributed by atoms with Crippen molar-refractivity contribution in [2.75, 3.05) is 18.3 Å². The standard InChI is InChI=1S/C25H25N3O7S/c1-2-33-25(30)23-21(14-6-11-19-20(12-14)35-13-34-19)22-17(4-3-5-18(22)29)28(24(23)26)15-7-9-16(10-8-15)36(27,31)32/h6-12,21H,2-5,13,26H2,1H3,(H2,27,31,32)/t21-/m0/s1. The van der Waals surface area contributed by atoms with Gasteiger partial charge in [-0.2, -0.15) is 0 Å². The first-order valence-electron chi connectivity index (χ1n) is 11.5. The van der Waals surface area contributed by atoms with Crippen LogP contribution in [0, 0.1) is 0 Å². The van der Waals surface area contributed by atoms with Gasteiger partial charge in [0.25, 0.3) is 0 Å². The molecule has 11 heteroatoms. The number of carbonyl (C=O) groups excluding carboxylic acids is 2. The monoisotopic (exact) mass is 511 g/mol. The summed E-state index contributed by atoms with van der Waals surface area (Å²) in [4.78, 5) is 28.3. The van der Waals surface area contributed by atoms with Crippen LogP contribution in [-0.4, -0.2) is 33.6 Å². The number of carbonyl (C=O) groups is 2. The highest BCUT2D eigenvalue weighted by molar-refractivity contribution is 7.89. The van der Waals surface area contributed by atoms with E-state index in [2.05, 4.69) is 0 Å². The Hall–Kier alpha value is -3.83. The lowest BCUT2D eigenvalue weighted by molar-refractivity contribution is -0.138. The number of ketones is 1. The van der Waals surface area contributed by atoms with E-state index in [1.54, 1.807) is 42.2 Å². The van der Waals surface area contributed by atoms with Gasteiger partial charge in [0.2, 0.25) is 16.8 Å². The van der Waals surface area contributed by atoms with Crippen molar-refractivity contribution in [3.63, 3.8) is 0 Å². The minimum atomic E-state index is -3.90. The number of esters is 1. The van der Waals surface area contributed by atoms with Gasteiger partial charge in [0.05, 0.1) is 23.0 Å². The molecule has 0 unspecified atom stereocenters. The summed E-state index contributed by atoms with van der Waals surface area (Å²) < 4.78 is 39.8. The topological polar surface area (TPSA) is 151 Å². The maximum atomic E-state index is 13.4. The van der Waals surface area contributed by atoms with Crippen molar-refractivity contribution >= 4 is 27.5 Å². The van der Waals surface area contributed by atoms with E-state index in [1.807, 2.05) is 0 Å². The fourth-order valence-electron chi connectivity index (χ4n) is 4.90. The van der Waals surface area contributed by atoms with E-state index in [0.29, 0.717) is 53.3 Å². The second-order valence-electron chi connectivity index (χ2n) is 8.58. The van der Waals surface area contributed by atoms with Gasteiger partial charge in [0.1, 0.15) is 5.82 Å². The molecule has 4 N–H and O–H groups in total. The summed E-state index contributed by atoms with van der Waals surface area (Å²) in [6, 6.07) is 11.1. The lowest BCUT2D eigenvalue weighted by atomic mass is 9.75. The Bertz CT molecular complexity index is 1430. The number of nitrogens with zero attached hydrogens (tertiary/aromatic N) is 1. The van der Waals surface area contributed by atoms with Crippen molar-refractivity contribution in [3.8, 4) is 11.5 Å². The van der Waals surface area contributed by atoms with Crippen molar-refractivity contribution < 1.29 is 32.2 Å². The minimum absolute atomic E-state index is 0.0661. The van der Waals surface area contributed by atoms with E-state index < -0.39 is 21.9 Å². The molecule has 2 aromatic rings. The Balaban J connectivity index is 1.72. The van der Waals surface area contributed by atoms with Gasteiger partial charge in [-0.05, 0) is 61.7 Å². The summed E-state index contributed by atoms with van der Waals surface area (Å²) in [5.74, 6) is -0.312. The fourth-order valence-corrected chi connectivity index (χ4v) is 5.42. The molecule has 1 atom stereocenters. The van der Waals surface area contributed by atoms with Crippen molar-refractivity contribution in [2.45, 2.75) is 37.0 Å². The highest BCUT2D eigenvalue weighted by Gasteiger charge is 2.43. The van der Waals surface area contributed by atoms with Crippen molar-refractivity contribution in [3.05, 3.63) is 70.7 Å². The Morgan fingerprint density at radius 2 is 1.83 bits per heavy atom. The van der Waals surface area contributed by atoms with Gasteiger partial charge in [-0.25, -0.2) is 18.4 Å². The second kappa shape index (κ2) is 8.99. The van der Waals surface area contributed by atoms with E-state index in [1.165, 1.54) is 12.1 Å². The van der Waals surface area contributed by atoms with E-state index in [-0.39, 0.29) is 35.5 Å². The van der Waals surface area contributed by atoms with Crippen molar-refractivity contribution in [2.24, 2.45) is 10.9 Å². The van der Waals surface area contributed by atoms with E-state index in [9.17, 15) is 18.0 Å². The van der Waals surface area contributed by atoms with Crippen LogP contribution < -0.4 is 25.2 Å². The van der Waals surface area contributed by atoms with Crippen LogP contribution in [0.4, 0.5) is 5.69 Å². The first-order valence-corrected chi connectivity index (χ1v) is 13.0. The van der Waals surface area contributed by atoms with E-state index in [0.717, 1.165) is 0 Å². The number of hydrogen-bond donors (Lipinski definition) is 2. The maximum absolute atomic E-state index is 13.4. The number of nitrogens with two attached hydrogens (primary N) is 2. The van der Waals surface area contributed by atoms with Crippen LogP contribution in [0.2, 0.25) is 0 Å². The first-order chi connectivity index (χ1) is 17.2. The molecule has 0 fully saturated rings. The molecule has 3 aliphatic rings. The molecule has 188 valence electrons. The Morgan fingerprint density at radius 1 is 1.11 bits per heavy atom. The second-order valence-corrected chi connectivity index (χ2v) is 10.1. The summed E-state index contributed by atoms with van der Waals surface area (Å²) in [5.41, 5.74) is 9.04. The van der Waals surface area contributed by atoms with Crippen LogP contribution in [0.1, 0.15) is 37.7 Å². The molecule has 0 saturated heterocycles. The van der Waals surface area contributed by atoms with Gasteiger partial charge in [0, 0.05) is 23.4 Å². The predicted molar refractivity (Wildman–Crippen MR) is 129 cm³/mol. The molecule has 2 heterocycles. The van der Waals surface area contributed by atoms with Crippen LogP contribution in [0.3, 0.4) is 0 Å². The number of benzene rings is 2. The molecule has 1 aliphatic carbocycles. The number of primary sulfonamides is 1. The Labute approximate surface area is 208 Å². The number of hydrogen-bond acceptors (Lipinski definition) is 9. The third kappa shape index (κ3) is 3.99. The summed E-state index contributed by atoms with van der Waals surface area (Å²) in [6.07, 6.45) is 1.48. The molecule has 0 radical (unpaired) electrons. The summed E-state index contributed by atoms with van der Waals surface area (Å²) in [5, 5.41) is 5.24. The highest BCUT2D eigenvalue weighted by atomic mass is 32.2. The molecule has 0 bridgehead atoms. The van der Waals surface area contributed by atoms with Gasteiger partial charge >= 0.3 is 5.97 Å². The summed E-state index contributed by atoms with van der Waals surface area (Å²) >= 11 is 0. The van der Waals surface area contributed by atoms with Crippen LogP contribution in [0.15, 0.2) is 70.0 Å². The normalized spacial score (nSPS) is 19.4. The Kier molecular flexibility index (Phi) is 5.97. The third-order valence-electron chi connectivity index (χ3n) is 6.44. The number of fused-ring (bicyclic) bond motifs is 1. The number of sulfonamides is 1. The zero-order valence-corrected chi connectivity index (χ0v) is 20.3. The van der Waals surface area contributed by atoms with E-state index >= 15 is 0 Å².